The highest BCUT2D eigenvalue weighted by Gasteiger charge is 2.15. The summed E-state index contributed by atoms with van der Waals surface area (Å²) in [5, 5.41) is 3.06. The third-order valence-electron chi connectivity index (χ3n) is 3.49. The molecule has 1 aliphatic heterocycles. The Hall–Kier alpha value is -1.00. The van der Waals surface area contributed by atoms with Crippen LogP contribution >= 0.6 is 12.6 Å². The average Bonchev–Trinajstić information content (AvgIpc) is 2.40. The predicted molar refractivity (Wildman–Crippen MR) is 80.9 cm³/mol. The number of carbonyl (C=O) groups is 1. The van der Waals surface area contributed by atoms with Crippen LogP contribution in [0.15, 0.2) is 29.2 Å². The van der Waals surface area contributed by atoms with Crippen molar-refractivity contribution in [1.29, 1.82) is 0 Å². The van der Waals surface area contributed by atoms with Crippen LogP contribution in [0.25, 0.3) is 0 Å². The van der Waals surface area contributed by atoms with Crippen molar-refractivity contribution in [2.75, 3.05) is 19.6 Å². The summed E-state index contributed by atoms with van der Waals surface area (Å²) >= 11 is 4.22. The molecule has 0 aromatic heterocycles. The Balaban J connectivity index is 1.82. The summed E-state index contributed by atoms with van der Waals surface area (Å²) in [5.41, 5.74) is 0.697. The lowest BCUT2D eigenvalue weighted by Gasteiger charge is -2.29. The molecule has 4 heteroatoms. The zero-order valence-electron chi connectivity index (χ0n) is 11.4. The number of rotatable bonds is 4. The van der Waals surface area contributed by atoms with Gasteiger partial charge in [-0.3, -0.25) is 4.79 Å². The Morgan fingerprint density at radius 3 is 2.53 bits per heavy atom. The van der Waals surface area contributed by atoms with E-state index < -0.39 is 0 Å². The fraction of sp³-hybridized carbons (Fsp3) is 0.533. The largest absolute Gasteiger partial charge is 0.348 e. The number of benzene rings is 1. The van der Waals surface area contributed by atoms with Crippen molar-refractivity contribution in [1.82, 2.24) is 10.2 Å². The van der Waals surface area contributed by atoms with Crippen LogP contribution in [0, 0.1) is 0 Å². The van der Waals surface area contributed by atoms with Gasteiger partial charge in [0.2, 0.25) is 0 Å². The Morgan fingerprint density at radius 2 is 1.89 bits per heavy atom. The van der Waals surface area contributed by atoms with Gasteiger partial charge in [-0.15, -0.1) is 12.6 Å². The smallest absolute Gasteiger partial charge is 0.251 e. The number of hydrogen-bond acceptors (Lipinski definition) is 3. The van der Waals surface area contributed by atoms with Crippen molar-refractivity contribution in [3.05, 3.63) is 29.8 Å². The first-order chi connectivity index (χ1) is 9.15. The zero-order chi connectivity index (χ0) is 13.7. The third-order valence-corrected chi connectivity index (χ3v) is 3.79. The summed E-state index contributed by atoms with van der Waals surface area (Å²) in [6, 6.07) is 7.48. The van der Waals surface area contributed by atoms with Gasteiger partial charge in [0.05, 0.1) is 0 Å². The van der Waals surface area contributed by atoms with E-state index >= 15 is 0 Å². The molecule has 0 saturated carbocycles. The van der Waals surface area contributed by atoms with E-state index in [0.29, 0.717) is 5.56 Å². The third kappa shape index (κ3) is 4.55. The molecule has 0 aliphatic carbocycles. The van der Waals surface area contributed by atoms with Crippen LogP contribution in [-0.4, -0.2) is 36.5 Å². The number of amides is 1. The molecule has 1 amide bonds. The Morgan fingerprint density at radius 1 is 1.26 bits per heavy atom. The zero-order valence-corrected chi connectivity index (χ0v) is 12.3. The Labute approximate surface area is 120 Å². The average molecular weight is 278 g/mol. The lowest BCUT2D eigenvalue weighted by molar-refractivity contribution is 0.0925. The van der Waals surface area contributed by atoms with Gasteiger partial charge in [0.1, 0.15) is 0 Å². The maximum Gasteiger partial charge on any atom is 0.251 e. The quantitative estimate of drug-likeness (QED) is 0.830. The Kier molecular flexibility index (Phi) is 5.28. The van der Waals surface area contributed by atoms with Gasteiger partial charge in [-0.05, 0) is 57.1 Å². The molecule has 1 atom stereocenters. The number of thiol groups is 1. The van der Waals surface area contributed by atoms with Crippen LogP contribution in [0.1, 0.15) is 36.5 Å². The number of hydrogen-bond donors (Lipinski definition) is 2. The highest BCUT2D eigenvalue weighted by atomic mass is 32.1. The molecule has 0 spiro atoms. The second-order valence-electron chi connectivity index (χ2n) is 5.28. The van der Waals surface area contributed by atoms with Crippen LogP contribution < -0.4 is 5.32 Å². The fourth-order valence-corrected chi connectivity index (χ4v) is 2.64. The molecule has 104 valence electrons. The molecular weight excluding hydrogens is 256 g/mol. The summed E-state index contributed by atoms with van der Waals surface area (Å²) < 4.78 is 0. The summed E-state index contributed by atoms with van der Waals surface area (Å²) in [5.74, 6) is -0.00200. The summed E-state index contributed by atoms with van der Waals surface area (Å²) in [6.45, 7) is 5.33. The van der Waals surface area contributed by atoms with Crippen molar-refractivity contribution < 1.29 is 4.79 Å². The molecule has 0 bridgehead atoms. The standard InChI is InChI=1S/C15H22N2OS/c1-12(11-17-9-3-2-4-10-17)16-15(18)13-5-7-14(19)8-6-13/h5-8,12,19H,2-4,9-11H2,1H3,(H,16,18). The van der Waals surface area contributed by atoms with Crippen LogP contribution in [0.5, 0.6) is 0 Å². The summed E-state index contributed by atoms with van der Waals surface area (Å²) in [7, 11) is 0. The molecule has 3 nitrogen and oxygen atoms in total. The van der Waals surface area contributed by atoms with Crippen molar-refractivity contribution in [3.63, 3.8) is 0 Å². The minimum atomic E-state index is -0.00200. The second-order valence-corrected chi connectivity index (χ2v) is 5.80. The molecule has 1 aromatic carbocycles. The minimum Gasteiger partial charge on any atom is -0.348 e. The summed E-state index contributed by atoms with van der Waals surface area (Å²) in [6.07, 6.45) is 3.90. The molecule has 1 saturated heterocycles. The van der Waals surface area contributed by atoms with Crippen molar-refractivity contribution in [3.8, 4) is 0 Å². The van der Waals surface area contributed by atoms with E-state index in [1.54, 1.807) is 0 Å². The Bertz CT molecular complexity index is 413. The first-order valence-corrected chi connectivity index (χ1v) is 7.42. The van der Waals surface area contributed by atoms with E-state index in [9.17, 15) is 4.79 Å². The van der Waals surface area contributed by atoms with Gasteiger partial charge in [-0.25, -0.2) is 0 Å². The van der Waals surface area contributed by atoms with Gasteiger partial charge in [0, 0.05) is 23.0 Å². The normalized spacial score (nSPS) is 18.0. The topological polar surface area (TPSA) is 32.3 Å². The highest BCUT2D eigenvalue weighted by molar-refractivity contribution is 7.80. The minimum absolute atomic E-state index is 0.00200. The number of likely N-dealkylation sites (tertiary alicyclic amines) is 1. The first kappa shape index (κ1) is 14.4. The molecule has 1 heterocycles. The molecule has 19 heavy (non-hydrogen) atoms. The number of carbonyl (C=O) groups excluding carboxylic acids is 1. The maximum absolute atomic E-state index is 12.1. The van der Waals surface area contributed by atoms with E-state index in [2.05, 4.69) is 29.8 Å². The van der Waals surface area contributed by atoms with Crippen molar-refractivity contribution in [2.45, 2.75) is 37.1 Å². The van der Waals surface area contributed by atoms with Crippen LogP contribution in [0.4, 0.5) is 0 Å². The molecule has 0 radical (unpaired) electrons. The van der Waals surface area contributed by atoms with Gasteiger partial charge < -0.3 is 10.2 Å². The molecule has 1 fully saturated rings. The molecule has 2 rings (SSSR count). The van der Waals surface area contributed by atoms with Crippen molar-refractivity contribution >= 4 is 18.5 Å². The molecule has 1 N–H and O–H groups in total. The second kappa shape index (κ2) is 6.96. The number of piperidine rings is 1. The van der Waals surface area contributed by atoms with E-state index in [0.717, 1.165) is 24.5 Å². The highest BCUT2D eigenvalue weighted by Crippen LogP contribution is 2.10. The van der Waals surface area contributed by atoms with Crippen LogP contribution in [0.3, 0.4) is 0 Å². The molecule has 1 unspecified atom stereocenters. The van der Waals surface area contributed by atoms with Crippen molar-refractivity contribution in [2.24, 2.45) is 0 Å². The SMILES string of the molecule is CC(CN1CCCCC1)NC(=O)c1ccc(S)cc1. The molecule has 1 aliphatic rings. The first-order valence-electron chi connectivity index (χ1n) is 6.97. The van der Waals surface area contributed by atoms with Gasteiger partial charge in [0.15, 0.2) is 0 Å². The lowest BCUT2D eigenvalue weighted by atomic mass is 10.1. The van der Waals surface area contributed by atoms with E-state index in [4.69, 9.17) is 0 Å². The summed E-state index contributed by atoms with van der Waals surface area (Å²) in [4.78, 5) is 15.4. The van der Waals surface area contributed by atoms with E-state index in [-0.39, 0.29) is 11.9 Å². The maximum atomic E-state index is 12.1. The van der Waals surface area contributed by atoms with Crippen LogP contribution in [0.2, 0.25) is 0 Å². The van der Waals surface area contributed by atoms with E-state index in [1.807, 2.05) is 24.3 Å². The number of nitrogens with zero attached hydrogens (tertiary/aromatic N) is 1. The monoisotopic (exact) mass is 278 g/mol. The fourth-order valence-electron chi connectivity index (χ4n) is 2.49. The van der Waals surface area contributed by atoms with Gasteiger partial charge >= 0.3 is 0 Å². The van der Waals surface area contributed by atoms with Gasteiger partial charge in [0.25, 0.3) is 5.91 Å². The van der Waals surface area contributed by atoms with Gasteiger partial charge in [-0.1, -0.05) is 6.42 Å². The van der Waals surface area contributed by atoms with Gasteiger partial charge in [-0.2, -0.15) is 0 Å². The number of nitrogens with one attached hydrogen (secondary N) is 1. The predicted octanol–water partition coefficient (Wildman–Crippen LogP) is 2.58. The van der Waals surface area contributed by atoms with Crippen LogP contribution in [-0.2, 0) is 0 Å². The van der Waals surface area contributed by atoms with E-state index in [1.165, 1.54) is 19.3 Å². The molecular formula is C15H22N2OS. The lowest BCUT2D eigenvalue weighted by Crippen LogP contribution is -2.43. The molecule has 1 aromatic rings.